The van der Waals surface area contributed by atoms with Crippen molar-refractivity contribution in [2.24, 2.45) is 0 Å². The van der Waals surface area contributed by atoms with Crippen LogP contribution in [0.5, 0.6) is 5.75 Å². The van der Waals surface area contributed by atoms with Crippen molar-refractivity contribution in [1.29, 1.82) is 0 Å². The summed E-state index contributed by atoms with van der Waals surface area (Å²) < 4.78 is 5.24. The van der Waals surface area contributed by atoms with Gasteiger partial charge in [0.15, 0.2) is 0 Å². The lowest BCUT2D eigenvalue weighted by atomic mass is 9.78. The highest BCUT2D eigenvalue weighted by Gasteiger charge is 2.36. The van der Waals surface area contributed by atoms with Gasteiger partial charge < -0.3 is 15.4 Å². The van der Waals surface area contributed by atoms with E-state index in [-0.39, 0.29) is 5.41 Å². The zero-order valence-electron chi connectivity index (χ0n) is 16.3. The van der Waals surface area contributed by atoms with Crippen LogP contribution in [0.4, 0.5) is 5.69 Å². The molecule has 1 aliphatic rings. The first-order valence-corrected chi connectivity index (χ1v) is 10.7. The van der Waals surface area contributed by atoms with Gasteiger partial charge in [0.25, 0.3) is 0 Å². The highest BCUT2D eigenvalue weighted by molar-refractivity contribution is 7.98. The number of methoxy groups -OCH3 is 1. The Bertz CT molecular complexity index is 830. The maximum atomic E-state index is 12.4. The minimum absolute atomic E-state index is 0.124. The van der Waals surface area contributed by atoms with Gasteiger partial charge in [0, 0.05) is 22.5 Å². The minimum atomic E-state index is -0.638. The number of ether oxygens (including phenoxy) is 1. The summed E-state index contributed by atoms with van der Waals surface area (Å²) in [5.41, 5.74) is 1.68. The number of nitrogens with one attached hydrogen (secondary N) is 2. The van der Waals surface area contributed by atoms with E-state index in [1.807, 2.05) is 36.6 Å². The predicted molar refractivity (Wildman–Crippen MR) is 113 cm³/mol. The molecule has 0 aliphatic heterocycles. The maximum Gasteiger partial charge on any atom is 0.313 e. The molecule has 2 amide bonds. The molecule has 0 heterocycles. The van der Waals surface area contributed by atoms with Crippen molar-refractivity contribution in [3.05, 3.63) is 54.1 Å². The van der Waals surface area contributed by atoms with Crippen molar-refractivity contribution in [2.45, 2.75) is 36.0 Å². The molecule has 0 radical (unpaired) electrons. The van der Waals surface area contributed by atoms with Crippen molar-refractivity contribution in [3.63, 3.8) is 0 Å². The Balaban J connectivity index is 1.64. The molecule has 148 valence electrons. The molecule has 3 rings (SSSR count). The van der Waals surface area contributed by atoms with Gasteiger partial charge in [0.2, 0.25) is 0 Å². The number of amides is 2. The lowest BCUT2D eigenvalue weighted by molar-refractivity contribution is -0.136. The quantitative estimate of drug-likeness (QED) is 0.570. The zero-order chi connectivity index (χ0) is 20.0. The Morgan fingerprint density at radius 2 is 1.79 bits per heavy atom. The number of hydrogen-bond donors (Lipinski definition) is 2. The lowest BCUT2D eigenvalue weighted by Gasteiger charge is -2.30. The van der Waals surface area contributed by atoms with Crippen LogP contribution in [0.25, 0.3) is 0 Å². The average molecular weight is 399 g/mol. The maximum absolute atomic E-state index is 12.4. The lowest BCUT2D eigenvalue weighted by Crippen LogP contribution is -2.43. The fraction of sp³-hybridized carbons (Fsp3) is 0.364. The van der Waals surface area contributed by atoms with Crippen LogP contribution < -0.4 is 15.4 Å². The van der Waals surface area contributed by atoms with E-state index in [2.05, 4.69) is 22.8 Å². The molecule has 0 bridgehead atoms. The van der Waals surface area contributed by atoms with Gasteiger partial charge in [-0.15, -0.1) is 11.8 Å². The van der Waals surface area contributed by atoms with Gasteiger partial charge in [-0.05, 0) is 55.0 Å². The molecule has 6 heteroatoms. The van der Waals surface area contributed by atoms with Crippen molar-refractivity contribution in [2.75, 3.05) is 25.2 Å². The van der Waals surface area contributed by atoms with E-state index < -0.39 is 11.8 Å². The molecular weight excluding hydrogens is 372 g/mol. The smallest absolute Gasteiger partial charge is 0.313 e. The topological polar surface area (TPSA) is 67.4 Å². The molecule has 0 spiro atoms. The van der Waals surface area contributed by atoms with Crippen molar-refractivity contribution in [3.8, 4) is 5.75 Å². The van der Waals surface area contributed by atoms with E-state index >= 15 is 0 Å². The molecular formula is C22H26N2O3S. The van der Waals surface area contributed by atoms with Crippen LogP contribution in [0.1, 0.15) is 31.2 Å². The third kappa shape index (κ3) is 4.68. The van der Waals surface area contributed by atoms with E-state index in [1.54, 1.807) is 24.9 Å². The third-order valence-electron chi connectivity index (χ3n) is 5.38. The van der Waals surface area contributed by atoms with Gasteiger partial charge in [-0.1, -0.05) is 31.0 Å². The number of carbonyl (C=O) groups excluding carboxylic acids is 2. The van der Waals surface area contributed by atoms with Crippen LogP contribution >= 0.6 is 11.8 Å². The minimum Gasteiger partial charge on any atom is -0.497 e. The summed E-state index contributed by atoms with van der Waals surface area (Å²) in [5, 5.41) is 5.53. The van der Waals surface area contributed by atoms with Crippen LogP contribution in [0.2, 0.25) is 0 Å². The largest absolute Gasteiger partial charge is 0.497 e. The number of thioether (sulfide) groups is 1. The molecule has 0 aromatic heterocycles. The van der Waals surface area contributed by atoms with Gasteiger partial charge in [0.05, 0.1) is 7.11 Å². The Kier molecular flexibility index (Phi) is 6.62. The standard InChI is InChI=1S/C22H26N2O3S/c1-27-18-10-8-16(9-11-18)22(12-3-4-13-22)15-23-20(25)21(26)24-17-6-5-7-19(14-17)28-2/h5-11,14H,3-4,12-13,15H2,1-2H3,(H,23,25)(H,24,26). The second-order valence-electron chi connectivity index (χ2n) is 7.08. The first-order chi connectivity index (χ1) is 13.6. The summed E-state index contributed by atoms with van der Waals surface area (Å²) in [5.74, 6) is -0.428. The summed E-state index contributed by atoms with van der Waals surface area (Å²) in [4.78, 5) is 25.7. The molecule has 0 unspecified atom stereocenters. The predicted octanol–water partition coefficient (Wildman–Crippen LogP) is 3.98. The van der Waals surface area contributed by atoms with Gasteiger partial charge in [-0.2, -0.15) is 0 Å². The molecule has 1 fully saturated rings. The van der Waals surface area contributed by atoms with E-state index in [9.17, 15) is 9.59 Å². The Hall–Kier alpha value is -2.47. The van der Waals surface area contributed by atoms with Crippen LogP contribution in [0.15, 0.2) is 53.4 Å². The molecule has 2 N–H and O–H groups in total. The molecule has 2 aromatic rings. The molecule has 5 nitrogen and oxygen atoms in total. The van der Waals surface area contributed by atoms with Crippen LogP contribution in [-0.2, 0) is 15.0 Å². The first-order valence-electron chi connectivity index (χ1n) is 9.44. The number of rotatable bonds is 6. The SMILES string of the molecule is COc1ccc(C2(CNC(=O)C(=O)Nc3cccc(SC)c3)CCCC2)cc1. The Morgan fingerprint density at radius 1 is 1.07 bits per heavy atom. The second kappa shape index (κ2) is 9.15. The summed E-state index contributed by atoms with van der Waals surface area (Å²) in [7, 11) is 1.65. The fourth-order valence-corrected chi connectivity index (χ4v) is 4.24. The molecule has 1 saturated carbocycles. The second-order valence-corrected chi connectivity index (χ2v) is 7.96. The molecule has 28 heavy (non-hydrogen) atoms. The molecule has 0 saturated heterocycles. The summed E-state index contributed by atoms with van der Waals surface area (Å²) in [6.07, 6.45) is 6.20. The normalized spacial score (nSPS) is 15.1. The monoisotopic (exact) mass is 398 g/mol. The van der Waals surface area contributed by atoms with Crippen LogP contribution in [0, 0.1) is 0 Å². The van der Waals surface area contributed by atoms with Crippen molar-refractivity contribution in [1.82, 2.24) is 5.32 Å². The van der Waals surface area contributed by atoms with E-state index in [0.29, 0.717) is 12.2 Å². The molecule has 2 aromatic carbocycles. The van der Waals surface area contributed by atoms with Gasteiger partial charge in [-0.25, -0.2) is 0 Å². The highest BCUT2D eigenvalue weighted by Crippen LogP contribution is 2.41. The Labute approximate surface area is 170 Å². The van der Waals surface area contributed by atoms with Crippen molar-refractivity contribution >= 4 is 29.3 Å². The van der Waals surface area contributed by atoms with Crippen molar-refractivity contribution < 1.29 is 14.3 Å². The zero-order valence-corrected chi connectivity index (χ0v) is 17.1. The fourth-order valence-electron chi connectivity index (χ4n) is 3.78. The van der Waals surface area contributed by atoms with Gasteiger partial charge in [0.1, 0.15) is 5.75 Å². The first kappa shape index (κ1) is 20.3. The van der Waals surface area contributed by atoms with Gasteiger partial charge in [-0.3, -0.25) is 9.59 Å². The average Bonchev–Trinajstić information content (AvgIpc) is 3.22. The van der Waals surface area contributed by atoms with Gasteiger partial charge >= 0.3 is 11.8 Å². The Morgan fingerprint density at radius 3 is 2.43 bits per heavy atom. The summed E-state index contributed by atoms with van der Waals surface area (Å²) in [6.45, 7) is 0.455. The third-order valence-corrected chi connectivity index (χ3v) is 6.11. The number of anilines is 1. The molecule has 0 atom stereocenters. The number of benzene rings is 2. The van der Waals surface area contributed by atoms with Crippen LogP contribution in [-0.4, -0.2) is 31.7 Å². The van der Waals surface area contributed by atoms with Crippen LogP contribution in [0.3, 0.4) is 0 Å². The van der Waals surface area contributed by atoms with E-state index in [1.165, 1.54) is 5.56 Å². The number of carbonyl (C=O) groups is 2. The number of hydrogen-bond acceptors (Lipinski definition) is 4. The van der Waals surface area contributed by atoms with E-state index in [4.69, 9.17) is 4.74 Å². The van der Waals surface area contributed by atoms with E-state index in [0.717, 1.165) is 36.3 Å². The molecule has 1 aliphatic carbocycles. The summed E-state index contributed by atoms with van der Waals surface area (Å²) in [6, 6.07) is 15.5. The summed E-state index contributed by atoms with van der Waals surface area (Å²) >= 11 is 1.58. The highest BCUT2D eigenvalue weighted by atomic mass is 32.2.